The van der Waals surface area contributed by atoms with Crippen molar-refractivity contribution in [3.05, 3.63) is 0 Å². The molecule has 1 atom stereocenters. The molecule has 15 heavy (non-hydrogen) atoms. The number of ether oxygens (including phenoxy) is 1. The van der Waals surface area contributed by atoms with E-state index < -0.39 is 0 Å². The van der Waals surface area contributed by atoms with Gasteiger partial charge in [-0.25, -0.2) is 0 Å². The summed E-state index contributed by atoms with van der Waals surface area (Å²) in [6, 6.07) is 0.718. The summed E-state index contributed by atoms with van der Waals surface area (Å²) in [6.07, 6.45) is 2.58. The number of hydrogen-bond acceptors (Lipinski definition) is 3. The summed E-state index contributed by atoms with van der Waals surface area (Å²) >= 11 is 0. The fraction of sp³-hybridized carbons (Fsp3) is 1.00. The van der Waals surface area contributed by atoms with E-state index in [0.29, 0.717) is 5.41 Å². The van der Waals surface area contributed by atoms with Gasteiger partial charge in [0.2, 0.25) is 0 Å². The lowest BCUT2D eigenvalue weighted by Crippen LogP contribution is -2.52. The van der Waals surface area contributed by atoms with Crippen molar-refractivity contribution in [1.82, 2.24) is 10.2 Å². The highest BCUT2D eigenvalue weighted by Crippen LogP contribution is 2.37. The molecule has 0 aromatic carbocycles. The molecule has 2 rings (SSSR count). The van der Waals surface area contributed by atoms with Gasteiger partial charge < -0.3 is 10.1 Å². The summed E-state index contributed by atoms with van der Waals surface area (Å²) in [5.74, 6) is 0. The van der Waals surface area contributed by atoms with Gasteiger partial charge in [-0.15, -0.1) is 0 Å². The number of rotatable bonds is 4. The Bertz CT molecular complexity index is 192. The number of nitrogens with one attached hydrogen (secondary N) is 1. The van der Waals surface area contributed by atoms with Crippen molar-refractivity contribution in [3.8, 4) is 0 Å². The predicted octanol–water partition coefficient (Wildman–Crippen LogP) is 1.10. The maximum atomic E-state index is 5.39. The third kappa shape index (κ3) is 2.52. The molecule has 0 amide bonds. The minimum atomic E-state index is 0.504. The number of piperazine rings is 1. The quantitative estimate of drug-likeness (QED) is 0.755. The summed E-state index contributed by atoms with van der Waals surface area (Å²) < 4.78 is 5.39. The molecular weight excluding hydrogens is 188 g/mol. The van der Waals surface area contributed by atoms with Gasteiger partial charge in [-0.05, 0) is 19.8 Å². The minimum Gasteiger partial charge on any atom is -0.380 e. The van der Waals surface area contributed by atoms with Crippen molar-refractivity contribution in [2.75, 3.05) is 39.4 Å². The maximum absolute atomic E-state index is 5.39. The fourth-order valence-corrected chi connectivity index (χ4v) is 2.74. The highest BCUT2D eigenvalue weighted by atomic mass is 16.5. The summed E-state index contributed by atoms with van der Waals surface area (Å²) in [5, 5.41) is 3.41. The Labute approximate surface area is 93.2 Å². The normalized spacial score (nSPS) is 28.4. The standard InChI is InChI=1S/C12H24N2O/c1-3-12(9-15-10-12)8-11(2)14-6-4-13-5-7-14/h11,13H,3-10H2,1-2H3. The first-order valence-electron chi connectivity index (χ1n) is 6.28. The van der Waals surface area contributed by atoms with E-state index in [9.17, 15) is 0 Å². The first kappa shape index (κ1) is 11.4. The Balaban J connectivity index is 1.82. The van der Waals surface area contributed by atoms with E-state index >= 15 is 0 Å². The Morgan fingerprint density at radius 1 is 1.33 bits per heavy atom. The van der Waals surface area contributed by atoms with E-state index in [4.69, 9.17) is 4.74 Å². The topological polar surface area (TPSA) is 24.5 Å². The molecular formula is C12H24N2O. The van der Waals surface area contributed by atoms with Crippen LogP contribution in [-0.2, 0) is 4.74 Å². The maximum Gasteiger partial charge on any atom is 0.0545 e. The zero-order valence-corrected chi connectivity index (χ0v) is 10.1. The average molecular weight is 212 g/mol. The van der Waals surface area contributed by atoms with Crippen LogP contribution < -0.4 is 5.32 Å². The molecule has 0 aliphatic carbocycles. The summed E-state index contributed by atoms with van der Waals surface area (Å²) in [4.78, 5) is 2.62. The molecule has 2 saturated heterocycles. The third-order valence-electron chi connectivity index (χ3n) is 4.07. The van der Waals surface area contributed by atoms with Crippen molar-refractivity contribution >= 4 is 0 Å². The van der Waals surface area contributed by atoms with Gasteiger partial charge in [-0.1, -0.05) is 6.92 Å². The van der Waals surface area contributed by atoms with Crippen LogP contribution >= 0.6 is 0 Å². The average Bonchev–Trinajstić information content (AvgIpc) is 2.24. The van der Waals surface area contributed by atoms with Crippen LogP contribution in [0.1, 0.15) is 26.7 Å². The van der Waals surface area contributed by atoms with Crippen molar-refractivity contribution in [2.24, 2.45) is 5.41 Å². The molecule has 3 nitrogen and oxygen atoms in total. The van der Waals surface area contributed by atoms with Gasteiger partial charge in [-0.3, -0.25) is 4.90 Å². The van der Waals surface area contributed by atoms with E-state index in [1.165, 1.54) is 25.9 Å². The summed E-state index contributed by atoms with van der Waals surface area (Å²) in [7, 11) is 0. The second-order valence-electron chi connectivity index (χ2n) is 5.19. The van der Waals surface area contributed by atoms with Crippen LogP contribution in [0, 0.1) is 5.41 Å². The Hall–Kier alpha value is -0.120. The number of nitrogens with zero attached hydrogens (tertiary/aromatic N) is 1. The first-order chi connectivity index (χ1) is 7.26. The van der Waals surface area contributed by atoms with Crippen LogP contribution in [0.5, 0.6) is 0 Å². The molecule has 0 radical (unpaired) electrons. The van der Waals surface area contributed by atoms with Gasteiger partial charge in [0, 0.05) is 37.6 Å². The first-order valence-corrected chi connectivity index (χ1v) is 6.28. The van der Waals surface area contributed by atoms with Crippen LogP contribution in [-0.4, -0.2) is 50.3 Å². The monoisotopic (exact) mass is 212 g/mol. The highest BCUT2D eigenvalue weighted by Gasteiger charge is 2.38. The smallest absolute Gasteiger partial charge is 0.0545 e. The van der Waals surface area contributed by atoms with Gasteiger partial charge in [0.25, 0.3) is 0 Å². The summed E-state index contributed by atoms with van der Waals surface area (Å²) in [5.41, 5.74) is 0.504. The third-order valence-corrected chi connectivity index (χ3v) is 4.07. The van der Waals surface area contributed by atoms with Gasteiger partial charge in [0.15, 0.2) is 0 Å². The molecule has 2 fully saturated rings. The second kappa shape index (κ2) is 4.81. The van der Waals surface area contributed by atoms with Crippen molar-refractivity contribution in [1.29, 1.82) is 0 Å². The second-order valence-corrected chi connectivity index (χ2v) is 5.19. The van der Waals surface area contributed by atoms with Crippen molar-refractivity contribution in [2.45, 2.75) is 32.7 Å². The van der Waals surface area contributed by atoms with Crippen LogP contribution in [0.25, 0.3) is 0 Å². The van der Waals surface area contributed by atoms with Crippen LogP contribution in [0.2, 0.25) is 0 Å². The van der Waals surface area contributed by atoms with Crippen LogP contribution in [0.15, 0.2) is 0 Å². The molecule has 0 spiro atoms. The van der Waals surface area contributed by atoms with Gasteiger partial charge in [-0.2, -0.15) is 0 Å². The Morgan fingerprint density at radius 3 is 2.47 bits per heavy atom. The molecule has 0 bridgehead atoms. The van der Waals surface area contributed by atoms with Crippen molar-refractivity contribution < 1.29 is 4.74 Å². The van der Waals surface area contributed by atoms with Gasteiger partial charge in [0.05, 0.1) is 13.2 Å². The Morgan fingerprint density at radius 2 is 2.00 bits per heavy atom. The molecule has 1 N–H and O–H groups in total. The largest absolute Gasteiger partial charge is 0.380 e. The van der Waals surface area contributed by atoms with Gasteiger partial charge >= 0.3 is 0 Å². The van der Waals surface area contributed by atoms with E-state index in [1.807, 2.05) is 0 Å². The predicted molar refractivity (Wildman–Crippen MR) is 62.1 cm³/mol. The van der Waals surface area contributed by atoms with Crippen LogP contribution in [0.3, 0.4) is 0 Å². The summed E-state index contributed by atoms with van der Waals surface area (Å²) in [6.45, 7) is 11.4. The van der Waals surface area contributed by atoms with Gasteiger partial charge in [0.1, 0.15) is 0 Å². The van der Waals surface area contributed by atoms with E-state index in [2.05, 4.69) is 24.1 Å². The van der Waals surface area contributed by atoms with Crippen LogP contribution in [0.4, 0.5) is 0 Å². The molecule has 2 aliphatic heterocycles. The minimum absolute atomic E-state index is 0.504. The lowest BCUT2D eigenvalue weighted by molar-refractivity contribution is -0.128. The molecule has 0 aromatic rings. The zero-order valence-electron chi connectivity index (χ0n) is 10.1. The molecule has 2 heterocycles. The molecule has 88 valence electrons. The highest BCUT2D eigenvalue weighted by molar-refractivity contribution is 4.89. The lowest BCUT2D eigenvalue weighted by atomic mass is 9.77. The van der Waals surface area contributed by atoms with Crippen molar-refractivity contribution in [3.63, 3.8) is 0 Å². The molecule has 0 aromatic heterocycles. The van der Waals surface area contributed by atoms with E-state index in [-0.39, 0.29) is 0 Å². The molecule has 1 unspecified atom stereocenters. The lowest BCUT2D eigenvalue weighted by Gasteiger charge is -2.45. The molecule has 2 aliphatic rings. The van der Waals surface area contributed by atoms with E-state index in [0.717, 1.165) is 32.3 Å². The molecule has 3 heteroatoms. The Kier molecular flexibility index (Phi) is 3.65. The fourth-order valence-electron chi connectivity index (χ4n) is 2.74. The molecule has 0 saturated carbocycles. The SMILES string of the molecule is CCC1(CC(C)N2CCNCC2)COC1. The number of hydrogen-bond donors (Lipinski definition) is 1. The zero-order chi connectivity index (χ0) is 10.7. The van der Waals surface area contributed by atoms with E-state index in [1.54, 1.807) is 0 Å².